The number of hydrogen-bond acceptors (Lipinski definition) is 5. The lowest BCUT2D eigenvalue weighted by Crippen LogP contribution is -2.47. The van der Waals surface area contributed by atoms with Crippen LogP contribution in [0.25, 0.3) is 0 Å². The van der Waals surface area contributed by atoms with Gasteiger partial charge in [0.15, 0.2) is 0 Å². The fourth-order valence-electron chi connectivity index (χ4n) is 2.82. The van der Waals surface area contributed by atoms with Gasteiger partial charge in [-0.1, -0.05) is 19.1 Å². The van der Waals surface area contributed by atoms with E-state index in [0.717, 1.165) is 49.9 Å². The smallest absolute Gasteiger partial charge is 0.142 e. The van der Waals surface area contributed by atoms with Gasteiger partial charge in [0, 0.05) is 37.9 Å². The predicted octanol–water partition coefficient (Wildman–Crippen LogP) is 2.37. The van der Waals surface area contributed by atoms with Gasteiger partial charge < -0.3 is 14.5 Å². The molecule has 116 valence electrons. The number of ether oxygens (including phenoxy) is 1. The molecule has 0 N–H and O–H groups in total. The Morgan fingerprint density at radius 3 is 2.50 bits per heavy atom. The third-order valence-electron chi connectivity index (χ3n) is 4.10. The second kappa shape index (κ2) is 6.64. The summed E-state index contributed by atoms with van der Waals surface area (Å²) in [6, 6.07) is 10.3. The van der Waals surface area contributed by atoms with Gasteiger partial charge in [0.05, 0.1) is 12.8 Å². The number of benzene rings is 1. The number of aromatic nitrogens is 2. The molecular weight excluding hydrogens is 276 g/mol. The summed E-state index contributed by atoms with van der Waals surface area (Å²) in [6.45, 7) is 5.96. The normalized spacial score (nSPS) is 15.0. The zero-order valence-corrected chi connectivity index (χ0v) is 13.2. The maximum atomic E-state index is 5.46. The molecule has 1 fully saturated rings. The summed E-state index contributed by atoms with van der Waals surface area (Å²) in [4.78, 5) is 13.4. The van der Waals surface area contributed by atoms with Crippen LogP contribution in [0, 0.1) is 0 Å². The molecule has 0 atom stereocenters. The number of aryl methyl sites for hydroxylation is 1. The number of piperazine rings is 1. The molecule has 5 heteroatoms. The third-order valence-corrected chi connectivity index (χ3v) is 4.10. The van der Waals surface area contributed by atoms with Crippen LogP contribution in [-0.2, 0) is 6.42 Å². The Kier molecular flexibility index (Phi) is 4.42. The Labute approximate surface area is 131 Å². The number of hydrogen-bond donors (Lipinski definition) is 0. The largest absolute Gasteiger partial charge is 0.495 e. The molecule has 0 amide bonds. The first-order valence-electron chi connectivity index (χ1n) is 7.75. The molecule has 0 unspecified atom stereocenters. The minimum Gasteiger partial charge on any atom is -0.495 e. The Bertz CT molecular complexity index is 624. The lowest BCUT2D eigenvalue weighted by Gasteiger charge is -2.37. The summed E-state index contributed by atoms with van der Waals surface area (Å²) in [7, 11) is 1.72. The van der Waals surface area contributed by atoms with E-state index in [4.69, 9.17) is 4.74 Å². The molecule has 2 heterocycles. The van der Waals surface area contributed by atoms with Crippen molar-refractivity contribution in [1.82, 2.24) is 9.97 Å². The fraction of sp³-hybridized carbons (Fsp3) is 0.412. The number of methoxy groups -OCH3 is 1. The van der Waals surface area contributed by atoms with Gasteiger partial charge in [-0.05, 0) is 18.6 Å². The Balaban J connectivity index is 1.69. The van der Waals surface area contributed by atoms with Crippen molar-refractivity contribution < 1.29 is 4.74 Å². The Morgan fingerprint density at radius 2 is 1.77 bits per heavy atom. The van der Waals surface area contributed by atoms with E-state index in [1.165, 1.54) is 5.69 Å². The maximum Gasteiger partial charge on any atom is 0.142 e. The molecule has 0 bridgehead atoms. The van der Waals surface area contributed by atoms with E-state index in [0.29, 0.717) is 0 Å². The van der Waals surface area contributed by atoms with Crippen LogP contribution in [0.15, 0.2) is 36.7 Å². The Hall–Kier alpha value is -2.30. The summed E-state index contributed by atoms with van der Waals surface area (Å²) in [5.41, 5.74) is 2.26. The highest BCUT2D eigenvalue weighted by atomic mass is 16.5. The zero-order chi connectivity index (χ0) is 15.4. The van der Waals surface area contributed by atoms with Crippen LogP contribution in [0.3, 0.4) is 0 Å². The fourth-order valence-corrected chi connectivity index (χ4v) is 2.82. The average molecular weight is 298 g/mol. The van der Waals surface area contributed by atoms with Crippen LogP contribution in [0.2, 0.25) is 0 Å². The molecule has 1 aromatic carbocycles. The van der Waals surface area contributed by atoms with Gasteiger partial charge in [0.1, 0.15) is 17.9 Å². The minimum absolute atomic E-state index is 0.936. The molecule has 22 heavy (non-hydrogen) atoms. The van der Waals surface area contributed by atoms with Gasteiger partial charge in [-0.2, -0.15) is 0 Å². The summed E-state index contributed by atoms with van der Waals surface area (Å²) in [5.74, 6) is 1.97. The van der Waals surface area contributed by atoms with E-state index in [2.05, 4.69) is 44.9 Å². The van der Waals surface area contributed by atoms with Crippen LogP contribution in [0.5, 0.6) is 5.75 Å². The van der Waals surface area contributed by atoms with Crippen molar-refractivity contribution in [3.63, 3.8) is 0 Å². The molecule has 1 aromatic heterocycles. The van der Waals surface area contributed by atoms with E-state index < -0.39 is 0 Å². The van der Waals surface area contributed by atoms with E-state index >= 15 is 0 Å². The van der Waals surface area contributed by atoms with Crippen molar-refractivity contribution in [1.29, 1.82) is 0 Å². The number of para-hydroxylation sites is 2. The van der Waals surface area contributed by atoms with Crippen molar-refractivity contribution in [2.75, 3.05) is 43.1 Å². The monoisotopic (exact) mass is 298 g/mol. The number of anilines is 2. The molecule has 3 rings (SSSR count). The molecule has 0 saturated carbocycles. The van der Waals surface area contributed by atoms with Crippen LogP contribution in [-0.4, -0.2) is 43.3 Å². The standard InChI is InChI=1S/C17H22N4O/c1-3-14-12-17(19-13-18-14)21-10-8-20(9-11-21)15-6-4-5-7-16(15)22-2/h4-7,12-13H,3,8-11H2,1-2H3. The van der Waals surface area contributed by atoms with Crippen LogP contribution < -0.4 is 14.5 Å². The summed E-state index contributed by atoms with van der Waals surface area (Å²) >= 11 is 0. The van der Waals surface area contributed by atoms with Crippen LogP contribution >= 0.6 is 0 Å². The minimum atomic E-state index is 0.936. The van der Waals surface area contributed by atoms with Gasteiger partial charge in [0.25, 0.3) is 0 Å². The number of nitrogens with zero attached hydrogens (tertiary/aromatic N) is 4. The number of rotatable bonds is 4. The van der Waals surface area contributed by atoms with Crippen molar-refractivity contribution in [2.45, 2.75) is 13.3 Å². The lowest BCUT2D eigenvalue weighted by atomic mass is 10.2. The van der Waals surface area contributed by atoms with Crippen molar-refractivity contribution in [3.05, 3.63) is 42.4 Å². The van der Waals surface area contributed by atoms with E-state index in [1.54, 1.807) is 13.4 Å². The van der Waals surface area contributed by atoms with Gasteiger partial charge in [-0.25, -0.2) is 9.97 Å². The first-order valence-corrected chi connectivity index (χ1v) is 7.75. The van der Waals surface area contributed by atoms with Crippen molar-refractivity contribution >= 4 is 11.5 Å². The van der Waals surface area contributed by atoms with E-state index in [-0.39, 0.29) is 0 Å². The van der Waals surface area contributed by atoms with E-state index in [1.807, 2.05) is 12.1 Å². The summed E-state index contributed by atoms with van der Waals surface area (Å²) in [5, 5.41) is 0. The van der Waals surface area contributed by atoms with Gasteiger partial charge in [-0.3, -0.25) is 0 Å². The SMILES string of the molecule is CCc1cc(N2CCN(c3ccccc3OC)CC2)ncn1. The highest BCUT2D eigenvalue weighted by Gasteiger charge is 2.20. The molecule has 1 saturated heterocycles. The maximum absolute atomic E-state index is 5.46. The van der Waals surface area contributed by atoms with E-state index in [9.17, 15) is 0 Å². The van der Waals surface area contributed by atoms with Crippen LogP contribution in [0.4, 0.5) is 11.5 Å². The third kappa shape index (κ3) is 2.98. The predicted molar refractivity (Wildman–Crippen MR) is 88.8 cm³/mol. The summed E-state index contributed by atoms with van der Waals surface area (Å²) in [6.07, 6.45) is 2.61. The molecule has 1 aliphatic rings. The summed E-state index contributed by atoms with van der Waals surface area (Å²) < 4.78 is 5.46. The van der Waals surface area contributed by atoms with Gasteiger partial charge in [-0.15, -0.1) is 0 Å². The molecular formula is C17H22N4O. The lowest BCUT2D eigenvalue weighted by molar-refractivity contribution is 0.413. The van der Waals surface area contributed by atoms with Crippen molar-refractivity contribution in [3.8, 4) is 5.75 Å². The molecule has 0 radical (unpaired) electrons. The molecule has 2 aromatic rings. The molecule has 5 nitrogen and oxygen atoms in total. The quantitative estimate of drug-likeness (QED) is 0.867. The second-order valence-corrected chi connectivity index (χ2v) is 5.37. The topological polar surface area (TPSA) is 41.5 Å². The van der Waals surface area contributed by atoms with Gasteiger partial charge in [0.2, 0.25) is 0 Å². The molecule has 0 spiro atoms. The first kappa shape index (κ1) is 14.6. The first-order chi connectivity index (χ1) is 10.8. The molecule has 0 aliphatic carbocycles. The Morgan fingerprint density at radius 1 is 1.05 bits per heavy atom. The van der Waals surface area contributed by atoms with Gasteiger partial charge >= 0.3 is 0 Å². The highest BCUT2D eigenvalue weighted by Crippen LogP contribution is 2.28. The van der Waals surface area contributed by atoms with Crippen LogP contribution in [0.1, 0.15) is 12.6 Å². The average Bonchev–Trinajstić information content (AvgIpc) is 2.62. The highest BCUT2D eigenvalue weighted by molar-refractivity contribution is 5.59. The second-order valence-electron chi connectivity index (χ2n) is 5.37. The molecule has 1 aliphatic heterocycles. The zero-order valence-electron chi connectivity index (χ0n) is 13.2. The van der Waals surface area contributed by atoms with Crippen molar-refractivity contribution in [2.24, 2.45) is 0 Å².